The van der Waals surface area contributed by atoms with Crippen molar-refractivity contribution < 1.29 is 19.1 Å². The highest BCUT2D eigenvalue weighted by atomic mass is 35.5. The maximum Gasteiger partial charge on any atom is 0.338 e. The number of esters is 1. The molecule has 180 valence electrons. The lowest BCUT2D eigenvalue weighted by Gasteiger charge is -2.35. The topological polar surface area (TPSA) is 79.9 Å². The lowest BCUT2D eigenvalue weighted by molar-refractivity contribution is -0.140. The number of hydrogen-bond acceptors (Lipinski definition) is 5. The van der Waals surface area contributed by atoms with Gasteiger partial charge in [-0.3, -0.25) is 4.79 Å². The molecule has 2 aromatic carbocycles. The number of anilines is 1. The third-order valence-electron chi connectivity index (χ3n) is 5.21. The number of rotatable bonds is 8. The maximum absolute atomic E-state index is 13.0. The van der Waals surface area contributed by atoms with E-state index in [-0.39, 0.29) is 18.4 Å². The number of allylic oxidation sites excluding steroid dienone is 1. The van der Waals surface area contributed by atoms with Crippen molar-refractivity contribution in [3.8, 4) is 5.75 Å². The van der Waals surface area contributed by atoms with Gasteiger partial charge in [0, 0.05) is 23.5 Å². The van der Waals surface area contributed by atoms with Gasteiger partial charge < -0.3 is 25.0 Å². The molecule has 0 fully saturated rings. The van der Waals surface area contributed by atoms with Gasteiger partial charge in [-0.15, -0.1) is 0 Å². The van der Waals surface area contributed by atoms with E-state index in [0.29, 0.717) is 39.4 Å². The molecule has 1 aliphatic rings. The van der Waals surface area contributed by atoms with E-state index in [2.05, 4.69) is 10.6 Å². The van der Waals surface area contributed by atoms with Crippen LogP contribution in [-0.4, -0.2) is 42.2 Å². The number of carbonyl (C=O) groups excluding carboxylic acids is 2. The molecule has 0 spiro atoms. The quantitative estimate of drug-likeness (QED) is 0.401. The molecule has 0 saturated carbocycles. The summed E-state index contributed by atoms with van der Waals surface area (Å²) in [6.45, 7) is 5.96. The molecule has 9 heteroatoms. The minimum absolute atomic E-state index is 0.159. The Morgan fingerprint density at radius 3 is 2.59 bits per heavy atom. The fraction of sp³-hybridized carbons (Fsp3) is 0.320. The van der Waals surface area contributed by atoms with Crippen molar-refractivity contribution in [1.82, 2.24) is 10.2 Å². The average molecular weight is 502 g/mol. The van der Waals surface area contributed by atoms with E-state index < -0.39 is 12.0 Å². The van der Waals surface area contributed by atoms with Crippen LogP contribution in [0.2, 0.25) is 5.02 Å². The Bertz CT molecular complexity index is 1100. The van der Waals surface area contributed by atoms with Crippen LogP contribution in [0.4, 0.5) is 5.69 Å². The zero-order chi connectivity index (χ0) is 24.8. The standard InChI is InChI=1S/C25H28ClN3O4S/c1-15(2)13-33-24(31)22-16(3)29(4)25(34)28-23(22)17-6-5-7-19(12-17)27-21(30)14-32-20-10-8-18(26)9-11-20/h5-12,15,23H,13-14H2,1-4H3,(H,27,30)(H,28,34). The third-order valence-corrected chi connectivity index (χ3v) is 5.85. The van der Waals surface area contributed by atoms with E-state index in [1.54, 1.807) is 54.4 Å². The van der Waals surface area contributed by atoms with Crippen LogP contribution in [0.15, 0.2) is 59.8 Å². The monoisotopic (exact) mass is 501 g/mol. The highest BCUT2D eigenvalue weighted by Crippen LogP contribution is 2.32. The second-order valence-electron chi connectivity index (χ2n) is 8.35. The summed E-state index contributed by atoms with van der Waals surface area (Å²) < 4.78 is 11.0. The molecule has 1 atom stereocenters. The van der Waals surface area contributed by atoms with Gasteiger partial charge in [-0.05, 0) is 67.0 Å². The van der Waals surface area contributed by atoms with Gasteiger partial charge in [0.15, 0.2) is 11.7 Å². The summed E-state index contributed by atoms with van der Waals surface area (Å²) in [7, 11) is 1.80. The molecule has 2 aromatic rings. The van der Waals surface area contributed by atoms with Crippen LogP contribution in [0.3, 0.4) is 0 Å². The van der Waals surface area contributed by atoms with E-state index in [1.807, 2.05) is 26.8 Å². The zero-order valence-corrected chi connectivity index (χ0v) is 21.1. The fourth-order valence-electron chi connectivity index (χ4n) is 3.34. The Balaban J connectivity index is 1.76. The van der Waals surface area contributed by atoms with Crippen LogP contribution in [0, 0.1) is 5.92 Å². The predicted molar refractivity (Wildman–Crippen MR) is 137 cm³/mol. The Hall–Kier alpha value is -3.10. The van der Waals surface area contributed by atoms with Crippen LogP contribution >= 0.6 is 23.8 Å². The molecule has 1 amide bonds. The van der Waals surface area contributed by atoms with E-state index in [9.17, 15) is 9.59 Å². The van der Waals surface area contributed by atoms with Gasteiger partial charge in [-0.1, -0.05) is 37.6 Å². The summed E-state index contributed by atoms with van der Waals surface area (Å²) >= 11 is 11.3. The van der Waals surface area contributed by atoms with Crippen LogP contribution in [0.5, 0.6) is 5.75 Å². The van der Waals surface area contributed by atoms with E-state index in [4.69, 9.17) is 33.3 Å². The van der Waals surface area contributed by atoms with Crippen molar-refractivity contribution in [2.24, 2.45) is 5.92 Å². The first kappa shape index (κ1) is 25.5. The van der Waals surface area contributed by atoms with Gasteiger partial charge in [0.25, 0.3) is 5.91 Å². The van der Waals surface area contributed by atoms with Crippen molar-refractivity contribution in [3.05, 3.63) is 70.4 Å². The largest absolute Gasteiger partial charge is 0.484 e. The summed E-state index contributed by atoms with van der Waals surface area (Å²) in [6, 6.07) is 13.5. The summed E-state index contributed by atoms with van der Waals surface area (Å²) in [5, 5.41) is 7.12. The number of ether oxygens (including phenoxy) is 2. The molecule has 1 heterocycles. The van der Waals surface area contributed by atoms with Gasteiger partial charge in [0.2, 0.25) is 0 Å². The van der Waals surface area contributed by atoms with Crippen LogP contribution in [-0.2, 0) is 14.3 Å². The fourth-order valence-corrected chi connectivity index (χ4v) is 3.72. The number of carbonyl (C=O) groups is 2. The lowest BCUT2D eigenvalue weighted by Crippen LogP contribution is -2.46. The minimum atomic E-state index is -0.509. The van der Waals surface area contributed by atoms with Gasteiger partial charge in [-0.2, -0.15) is 0 Å². The second-order valence-corrected chi connectivity index (χ2v) is 9.17. The van der Waals surface area contributed by atoms with Crippen molar-refractivity contribution in [1.29, 1.82) is 0 Å². The number of amides is 1. The van der Waals surface area contributed by atoms with Gasteiger partial charge in [0.05, 0.1) is 18.2 Å². The maximum atomic E-state index is 13.0. The number of thiocarbonyl (C=S) groups is 1. The van der Waals surface area contributed by atoms with Crippen molar-refractivity contribution in [3.63, 3.8) is 0 Å². The Kier molecular flexibility index (Phi) is 8.52. The SMILES string of the molecule is CC1=C(C(=O)OCC(C)C)C(c2cccc(NC(=O)COc3ccc(Cl)cc3)c2)NC(=S)N1C. The van der Waals surface area contributed by atoms with Crippen molar-refractivity contribution >= 4 is 46.5 Å². The first-order valence-corrected chi connectivity index (χ1v) is 11.6. The third kappa shape index (κ3) is 6.48. The molecule has 3 rings (SSSR count). The number of hydrogen-bond donors (Lipinski definition) is 2. The van der Waals surface area contributed by atoms with Crippen molar-refractivity contribution in [2.45, 2.75) is 26.8 Å². The van der Waals surface area contributed by atoms with E-state index in [0.717, 1.165) is 5.56 Å². The number of halogens is 1. The Morgan fingerprint density at radius 2 is 1.91 bits per heavy atom. The molecule has 0 saturated heterocycles. The van der Waals surface area contributed by atoms with E-state index in [1.165, 1.54) is 0 Å². The summed E-state index contributed by atoms with van der Waals surface area (Å²) in [4.78, 5) is 27.1. The summed E-state index contributed by atoms with van der Waals surface area (Å²) in [5.41, 5.74) is 2.53. The molecular formula is C25H28ClN3O4S. The molecular weight excluding hydrogens is 474 g/mol. The van der Waals surface area contributed by atoms with Crippen LogP contribution < -0.4 is 15.4 Å². The predicted octanol–water partition coefficient (Wildman–Crippen LogP) is 4.69. The zero-order valence-electron chi connectivity index (χ0n) is 19.6. The Labute approximate surface area is 210 Å². The molecule has 0 bridgehead atoms. The van der Waals surface area contributed by atoms with E-state index >= 15 is 0 Å². The molecule has 7 nitrogen and oxygen atoms in total. The van der Waals surface area contributed by atoms with Gasteiger partial charge in [-0.25, -0.2) is 4.79 Å². The normalized spacial score (nSPS) is 15.8. The molecule has 0 aliphatic carbocycles. The average Bonchev–Trinajstić information content (AvgIpc) is 2.80. The van der Waals surface area contributed by atoms with Crippen molar-refractivity contribution in [2.75, 3.05) is 25.6 Å². The Morgan fingerprint density at radius 1 is 1.21 bits per heavy atom. The van der Waals surface area contributed by atoms with Crippen LogP contribution in [0.25, 0.3) is 0 Å². The number of nitrogens with zero attached hydrogens (tertiary/aromatic N) is 1. The minimum Gasteiger partial charge on any atom is -0.484 e. The molecule has 34 heavy (non-hydrogen) atoms. The number of nitrogens with one attached hydrogen (secondary N) is 2. The summed E-state index contributed by atoms with van der Waals surface area (Å²) in [6.07, 6.45) is 0. The molecule has 0 aromatic heterocycles. The first-order chi connectivity index (χ1) is 16.2. The molecule has 1 aliphatic heterocycles. The molecule has 0 radical (unpaired) electrons. The smallest absolute Gasteiger partial charge is 0.338 e. The molecule has 2 N–H and O–H groups in total. The molecule has 1 unspecified atom stereocenters. The summed E-state index contributed by atoms with van der Waals surface area (Å²) in [5.74, 6) is 0.0425. The van der Waals surface area contributed by atoms with Gasteiger partial charge >= 0.3 is 5.97 Å². The van der Waals surface area contributed by atoms with Gasteiger partial charge in [0.1, 0.15) is 5.75 Å². The highest BCUT2D eigenvalue weighted by Gasteiger charge is 2.33. The van der Waals surface area contributed by atoms with Crippen LogP contribution in [0.1, 0.15) is 32.4 Å². The highest BCUT2D eigenvalue weighted by molar-refractivity contribution is 7.80. The number of benzene rings is 2. The first-order valence-electron chi connectivity index (χ1n) is 10.9. The second kappa shape index (κ2) is 11.4. The lowest BCUT2D eigenvalue weighted by atomic mass is 9.94.